The minimum absolute atomic E-state index is 0.500. The fraction of sp³-hybridized carbons (Fsp3) is 1.00. The third kappa shape index (κ3) is 0. The second-order valence-corrected chi connectivity index (χ2v) is 3.71. The number of hydrogen-bond acceptors (Lipinski definition) is 0. The van der Waals surface area contributed by atoms with Gasteiger partial charge in [-0.3, -0.25) is 0 Å². The molecule has 0 N–H and O–H groups in total. The van der Waals surface area contributed by atoms with Gasteiger partial charge >= 0.3 is 0 Å². The van der Waals surface area contributed by atoms with E-state index in [-0.39, 0.29) is 0 Å². The normalized spacial score (nSPS) is 7.50. The fourth-order valence-electron chi connectivity index (χ4n) is 0. The van der Waals surface area contributed by atoms with Crippen molar-refractivity contribution < 1.29 is 0 Å². The quantitative estimate of drug-likeness (QED) is 0.456. The van der Waals surface area contributed by atoms with Crippen LogP contribution in [0.25, 0.3) is 0 Å². The van der Waals surface area contributed by atoms with Gasteiger partial charge in [0.15, 0.2) is 0 Å². The van der Waals surface area contributed by atoms with Gasteiger partial charge in [-0.2, -0.15) is 0 Å². The second-order valence-electron chi connectivity index (χ2n) is 3.71. The van der Waals surface area contributed by atoms with Crippen LogP contribution in [0.2, 0.25) is 0 Å². The molecule has 0 aromatic carbocycles. The summed E-state index contributed by atoms with van der Waals surface area (Å²) in [6, 6.07) is 0. The molecule has 0 aliphatic carbocycles. The minimum atomic E-state index is 0.500. The fourth-order valence-corrected chi connectivity index (χ4v) is 0. The monoisotopic (exact) mass is 176 g/mol. The zero-order valence-electron chi connectivity index (χ0n) is 11.2. The van der Waals surface area contributed by atoms with Gasteiger partial charge in [0.25, 0.3) is 0 Å². The van der Waals surface area contributed by atoms with Gasteiger partial charge in [-0.1, -0.05) is 75.7 Å². The summed E-state index contributed by atoms with van der Waals surface area (Å²) < 4.78 is 0. The molecule has 0 unspecified atom stereocenters. The van der Waals surface area contributed by atoms with E-state index >= 15 is 0 Å². The Morgan fingerprint density at radius 2 is 0.667 bits per heavy atom. The van der Waals surface area contributed by atoms with Gasteiger partial charge in [0.05, 0.1) is 0 Å². The second kappa shape index (κ2) is 22.4. The molecule has 0 aliphatic rings. The first kappa shape index (κ1) is 22.7. The SMILES string of the molecule is CC.CC.CC(C)(C)C.CCC. The Labute approximate surface area is 81.8 Å². The van der Waals surface area contributed by atoms with Crippen LogP contribution in [0, 0.1) is 5.41 Å². The molecule has 0 fully saturated rings. The average Bonchev–Trinajstić information content (AvgIpc) is 1.93. The molecule has 0 aromatic heterocycles. The van der Waals surface area contributed by atoms with Crippen LogP contribution >= 0.6 is 0 Å². The van der Waals surface area contributed by atoms with Crippen molar-refractivity contribution in [1.29, 1.82) is 0 Å². The molecule has 0 spiro atoms. The molecule has 0 radical (unpaired) electrons. The lowest BCUT2D eigenvalue weighted by Gasteiger charge is -2.05. The Morgan fingerprint density at radius 1 is 0.667 bits per heavy atom. The summed E-state index contributed by atoms with van der Waals surface area (Å²) in [5.41, 5.74) is 0.500. The topological polar surface area (TPSA) is 0 Å². The van der Waals surface area contributed by atoms with Crippen LogP contribution in [0.15, 0.2) is 0 Å². The lowest BCUT2D eigenvalue weighted by Crippen LogP contribution is -1.93. The van der Waals surface area contributed by atoms with Gasteiger partial charge in [0, 0.05) is 0 Å². The van der Waals surface area contributed by atoms with Crippen LogP contribution in [0.4, 0.5) is 0 Å². The first-order chi connectivity index (χ1) is 5.41. The average molecular weight is 176 g/mol. The van der Waals surface area contributed by atoms with Crippen LogP contribution in [0.5, 0.6) is 0 Å². The van der Waals surface area contributed by atoms with Crippen molar-refractivity contribution in [2.45, 2.75) is 75.7 Å². The molecule has 0 aliphatic heterocycles. The van der Waals surface area contributed by atoms with E-state index in [1.165, 1.54) is 6.42 Å². The summed E-state index contributed by atoms with van der Waals surface area (Å²) in [5, 5.41) is 0. The first-order valence-electron chi connectivity index (χ1n) is 5.41. The van der Waals surface area contributed by atoms with Gasteiger partial charge in [-0.05, 0) is 5.41 Å². The molecule has 0 amide bonds. The Morgan fingerprint density at radius 3 is 0.667 bits per heavy atom. The molecule has 12 heavy (non-hydrogen) atoms. The molecule has 0 rings (SSSR count). The van der Waals surface area contributed by atoms with Gasteiger partial charge in [0.2, 0.25) is 0 Å². The van der Waals surface area contributed by atoms with E-state index in [2.05, 4.69) is 41.5 Å². The van der Waals surface area contributed by atoms with Crippen molar-refractivity contribution in [2.75, 3.05) is 0 Å². The summed E-state index contributed by atoms with van der Waals surface area (Å²) in [4.78, 5) is 0. The summed E-state index contributed by atoms with van der Waals surface area (Å²) in [6.45, 7) is 21.0. The molecule has 0 bridgehead atoms. The summed E-state index contributed by atoms with van der Waals surface area (Å²) in [6.07, 6.45) is 1.25. The van der Waals surface area contributed by atoms with Crippen molar-refractivity contribution in [3.05, 3.63) is 0 Å². The highest BCUT2D eigenvalue weighted by Gasteiger charge is 1.95. The minimum Gasteiger partial charge on any atom is -0.0683 e. The smallest absolute Gasteiger partial charge is 0.0411 e. The maximum atomic E-state index is 2.19. The standard InChI is InChI=1S/C5H12.C3H8.2C2H6/c1-5(2,3)4;1-3-2;2*1-2/h1-4H3;3H2,1-2H3;2*1-2H3. The lowest BCUT2D eigenvalue weighted by molar-refractivity contribution is 0.469. The molecule has 0 aromatic rings. The van der Waals surface area contributed by atoms with Crippen molar-refractivity contribution in [1.82, 2.24) is 0 Å². The Hall–Kier alpha value is 0. The molecule has 0 nitrogen and oxygen atoms in total. The highest BCUT2D eigenvalue weighted by atomic mass is 14.0. The van der Waals surface area contributed by atoms with E-state index in [4.69, 9.17) is 0 Å². The third-order valence-electron chi connectivity index (χ3n) is 0. The van der Waals surface area contributed by atoms with Gasteiger partial charge in [-0.25, -0.2) is 0 Å². The van der Waals surface area contributed by atoms with E-state index in [0.717, 1.165) is 0 Å². The number of hydrogen-bond donors (Lipinski definition) is 0. The number of rotatable bonds is 0. The Kier molecular flexibility index (Phi) is 42.4. The Balaban J connectivity index is -0.0000000397. The van der Waals surface area contributed by atoms with E-state index in [1.54, 1.807) is 0 Å². The maximum Gasteiger partial charge on any atom is -0.0411 e. The molecular weight excluding hydrogens is 144 g/mol. The zero-order valence-corrected chi connectivity index (χ0v) is 11.2. The van der Waals surface area contributed by atoms with Crippen molar-refractivity contribution in [2.24, 2.45) is 5.41 Å². The van der Waals surface area contributed by atoms with Crippen LogP contribution in [0.3, 0.4) is 0 Å². The molecule has 0 saturated heterocycles. The van der Waals surface area contributed by atoms with E-state index < -0.39 is 0 Å². The zero-order chi connectivity index (χ0) is 11.2. The summed E-state index contributed by atoms with van der Waals surface area (Å²) in [5.74, 6) is 0. The molecular formula is C12H32. The van der Waals surface area contributed by atoms with Gasteiger partial charge in [-0.15, -0.1) is 0 Å². The predicted octanol–water partition coefficient (Wildman–Crippen LogP) is 5.52. The molecule has 0 heteroatoms. The van der Waals surface area contributed by atoms with Gasteiger partial charge < -0.3 is 0 Å². The first-order valence-corrected chi connectivity index (χ1v) is 5.41. The van der Waals surface area contributed by atoms with Crippen LogP contribution in [-0.4, -0.2) is 0 Å². The lowest BCUT2D eigenvalue weighted by atomic mass is 10.0. The molecule has 0 heterocycles. The largest absolute Gasteiger partial charge is 0.0683 e. The maximum absolute atomic E-state index is 2.19. The molecule has 0 atom stereocenters. The van der Waals surface area contributed by atoms with E-state index in [9.17, 15) is 0 Å². The molecule has 80 valence electrons. The summed E-state index contributed by atoms with van der Waals surface area (Å²) >= 11 is 0. The summed E-state index contributed by atoms with van der Waals surface area (Å²) in [7, 11) is 0. The Bertz CT molecular complexity index is 23.8. The van der Waals surface area contributed by atoms with Gasteiger partial charge in [0.1, 0.15) is 0 Å². The molecule has 0 saturated carbocycles. The van der Waals surface area contributed by atoms with Crippen LogP contribution in [-0.2, 0) is 0 Å². The highest BCUT2D eigenvalue weighted by molar-refractivity contribution is 4.47. The van der Waals surface area contributed by atoms with Crippen LogP contribution in [0.1, 0.15) is 75.7 Å². The van der Waals surface area contributed by atoms with Crippen molar-refractivity contribution in [3.8, 4) is 0 Å². The van der Waals surface area contributed by atoms with Crippen LogP contribution < -0.4 is 0 Å². The van der Waals surface area contributed by atoms with Crippen molar-refractivity contribution >= 4 is 0 Å². The van der Waals surface area contributed by atoms with Crippen molar-refractivity contribution in [3.63, 3.8) is 0 Å². The highest BCUT2D eigenvalue weighted by Crippen LogP contribution is 2.07. The van der Waals surface area contributed by atoms with E-state index in [0.29, 0.717) is 5.41 Å². The third-order valence-corrected chi connectivity index (χ3v) is 0. The van der Waals surface area contributed by atoms with E-state index in [1.807, 2.05) is 27.7 Å². The predicted molar refractivity (Wildman–Crippen MR) is 63.8 cm³/mol.